The van der Waals surface area contributed by atoms with Crippen LogP contribution in [-0.2, 0) is 9.53 Å². The third-order valence-corrected chi connectivity index (χ3v) is 2.95. The summed E-state index contributed by atoms with van der Waals surface area (Å²) < 4.78 is 19.0. The maximum absolute atomic E-state index is 14.0. The molecule has 0 aromatic heterocycles. The molecule has 1 aromatic rings. The van der Waals surface area contributed by atoms with Gasteiger partial charge in [0.15, 0.2) is 0 Å². The molecule has 21 heavy (non-hydrogen) atoms. The molecule has 0 aliphatic heterocycles. The molecule has 1 N–H and O–H groups in total. The molecule has 0 aliphatic carbocycles. The Kier molecular flexibility index (Phi) is 7.53. The highest BCUT2D eigenvalue weighted by atomic mass is 35.5. The average molecular weight is 315 g/mol. The van der Waals surface area contributed by atoms with Crippen LogP contribution < -0.4 is 5.32 Å². The monoisotopic (exact) mass is 314 g/mol. The zero-order chi connectivity index (χ0) is 15.7. The molecule has 0 spiro atoms. The van der Waals surface area contributed by atoms with Crippen LogP contribution in [0, 0.1) is 5.82 Å². The lowest BCUT2D eigenvalue weighted by atomic mass is 10.1. The average Bonchev–Trinajstić information content (AvgIpc) is 2.46. The Labute approximate surface area is 126 Å². The molecular weight excluding hydrogens is 299 g/mol. The minimum atomic E-state index is -0.949. The number of carbonyl (C=O) groups is 1. The summed E-state index contributed by atoms with van der Waals surface area (Å²) in [5.74, 6) is -1.23. The maximum atomic E-state index is 14.0. The molecule has 0 amide bonds. The fourth-order valence-electron chi connectivity index (χ4n) is 1.73. The molecule has 0 heterocycles. The van der Waals surface area contributed by atoms with E-state index in [0.29, 0.717) is 13.0 Å². The summed E-state index contributed by atoms with van der Waals surface area (Å²) in [6, 6.07) is 3.50. The minimum absolute atomic E-state index is 0.0577. The second kappa shape index (κ2) is 9.18. The van der Waals surface area contributed by atoms with Gasteiger partial charge in [-0.3, -0.25) is 0 Å². The van der Waals surface area contributed by atoms with Crippen LogP contribution in [0.5, 0.6) is 0 Å². The van der Waals surface area contributed by atoms with Crippen LogP contribution in [0.3, 0.4) is 0 Å². The first-order chi connectivity index (χ1) is 10.1. The van der Waals surface area contributed by atoms with Crippen LogP contribution in [0.2, 0.25) is 5.02 Å². The maximum Gasteiger partial charge on any atom is 0.327 e. The molecule has 1 unspecified atom stereocenters. The van der Waals surface area contributed by atoms with Crippen molar-refractivity contribution < 1.29 is 13.9 Å². The van der Waals surface area contributed by atoms with E-state index in [1.807, 2.05) is 0 Å². The number of azide groups is 1. The van der Waals surface area contributed by atoms with Gasteiger partial charge in [0.2, 0.25) is 0 Å². The van der Waals surface area contributed by atoms with E-state index in [2.05, 4.69) is 15.3 Å². The Morgan fingerprint density at radius 2 is 2.38 bits per heavy atom. The van der Waals surface area contributed by atoms with Gasteiger partial charge in [-0.1, -0.05) is 28.8 Å². The molecular formula is C13H16ClFN4O2. The van der Waals surface area contributed by atoms with Crippen molar-refractivity contribution in [2.24, 2.45) is 5.11 Å². The van der Waals surface area contributed by atoms with Crippen molar-refractivity contribution in [1.82, 2.24) is 5.32 Å². The summed E-state index contributed by atoms with van der Waals surface area (Å²) in [4.78, 5) is 14.6. The van der Waals surface area contributed by atoms with E-state index in [0.717, 1.165) is 0 Å². The Morgan fingerprint density at radius 1 is 1.62 bits per heavy atom. The van der Waals surface area contributed by atoms with Gasteiger partial charge in [0, 0.05) is 17.0 Å². The Hall–Kier alpha value is -1.82. The molecule has 0 saturated heterocycles. The molecule has 1 rings (SSSR count). The largest absolute Gasteiger partial charge is 0.465 e. The van der Waals surface area contributed by atoms with Gasteiger partial charge in [0.1, 0.15) is 11.9 Å². The van der Waals surface area contributed by atoms with Gasteiger partial charge in [0.25, 0.3) is 0 Å². The number of nitrogens with one attached hydrogen (secondary N) is 1. The number of rotatable bonds is 8. The van der Waals surface area contributed by atoms with Gasteiger partial charge in [-0.05, 0) is 31.5 Å². The van der Waals surface area contributed by atoms with Crippen molar-refractivity contribution in [3.8, 4) is 0 Å². The SMILES string of the molecule is CCOC(=O)C(NCCCN=[N+]=[N-])c1cccc(Cl)c1F. The number of carbonyl (C=O) groups excluding carboxylic acids is 1. The summed E-state index contributed by atoms with van der Waals surface area (Å²) in [6.45, 7) is 2.52. The zero-order valence-corrected chi connectivity index (χ0v) is 12.3. The van der Waals surface area contributed by atoms with Gasteiger partial charge in [-0.15, -0.1) is 0 Å². The van der Waals surface area contributed by atoms with Gasteiger partial charge in [-0.2, -0.15) is 0 Å². The number of ether oxygens (including phenoxy) is 1. The van der Waals surface area contributed by atoms with Crippen molar-refractivity contribution in [2.75, 3.05) is 19.7 Å². The standard InChI is InChI=1S/C13H16ClFN4O2/c1-2-21-13(20)12(17-7-4-8-18-19-16)9-5-3-6-10(14)11(9)15/h3,5-6,12,17H,2,4,7-8H2,1H3. The lowest BCUT2D eigenvalue weighted by Gasteiger charge is -2.18. The summed E-state index contributed by atoms with van der Waals surface area (Å²) in [6.07, 6.45) is 0.516. The lowest BCUT2D eigenvalue weighted by molar-refractivity contribution is -0.145. The van der Waals surface area contributed by atoms with E-state index < -0.39 is 17.8 Å². The molecule has 0 saturated carbocycles. The van der Waals surface area contributed by atoms with Crippen molar-refractivity contribution >= 4 is 17.6 Å². The molecule has 0 fully saturated rings. The van der Waals surface area contributed by atoms with E-state index >= 15 is 0 Å². The van der Waals surface area contributed by atoms with Crippen molar-refractivity contribution in [2.45, 2.75) is 19.4 Å². The molecule has 0 aliphatic rings. The van der Waals surface area contributed by atoms with E-state index in [9.17, 15) is 9.18 Å². The summed E-state index contributed by atoms with van der Waals surface area (Å²) in [7, 11) is 0. The first kappa shape index (κ1) is 17.2. The fourth-order valence-corrected chi connectivity index (χ4v) is 1.91. The molecule has 0 radical (unpaired) electrons. The highest BCUT2D eigenvalue weighted by Gasteiger charge is 2.25. The number of esters is 1. The highest BCUT2D eigenvalue weighted by Crippen LogP contribution is 2.24. The first-order valence-electron chi connectivity index (χ1n) is 6.46. The minimum Gasteiger partial charge on any atom is -0.465 e. The van der Waals surface area contributed by atoms with Gasteiger partial charge < -0.3 is 10.1 Å². The number of hydrogen-bond acceptors (Lipinski definition) is 4. The van der Waals surface area contributed by atoms with Crippen LogP contribution in [0.4, 0.5) is 4.39 Å². The van der Waals surface area contributed by atoms with E-state index in [4.69, 9.17) is 21.9 Å². The molecule has 6 nitrogen and oxygen atoms in total. The second-order valence-corrected chi connectivity index (χ2v) is 4.50. The van der Waals surface area contributed by atoms with Gasteiger partial charge in [-0.25, -0.2) is 9.18 Å². The summed E-state index contributed by atoms with van der Waals surface area (Å²) in [5.41, 5.74) is 8.31. The Bertz CT molecular complexity index is 535. The topological polar surface area (TPSA) is 87.1 Å². The van der Waals surface area contributed by atoms with Gasteiger partial charge in [0.05, 0.1) is 11.6 Å². The number of nitrogens with zero attached hydrogens (tertiary/aromatic N) is 3. The smallest absolute Gasteiger partial charge is 0.327 e. The van der Waals surface area contributed by atoms with Crippen LogP contribution in [-0.4, -0.2) is 25.7 Å². The third kappa shape index (κ3) is 5.23. The van der Waals surface area contributed by atoms with Crippen LogP contribution in [0.15, 0.2) is 23.3 Å². The quantitative estimate of drug-likeness (QED) is 0.262. The lowest BCUT2D eigenvalue weighted by Crippen LogP contribution is -2.32. The predicted octanol–water partition coefficient (Wildman–Crippen LogP) is 3.37. The highest BCUT2D eigenvalue weighted by molar-refractivity contribution is 6.30. The van der Waals surface area contributed by atoms with Crippen LogP contribution in [0.25, 0.3) is 10.4 Å². The predicted molar refractivity (Wildman–Crippen MR) is 77.4 cm³/mol. The van der Waals surface area contributed by atoms with Gasteiger partial charge >= 0.3 is 5.97 Å². The molecule has 114 valence electrons. The Morgan fingerprint density at radius 3 is 3.05 bits per heavy atom. The third-order valence-electron chi connectivity index (χ3n) is 2.66. The van der Waals surface area contributed by atoms with Crippen molar-refractivity contribution in [3.63, 3.8) is 0 Å². The van der Waals surface area contributed by atoms with Crippen molar-refractivity contribution in [3.05, 3.63) is 45.0 Å². The van der Waals surface area contributed by atoms with Crippen molar-refractivity contribution in [1.29, 1.82) is 0 Å². The second-order valence-electron chi connectivity index (χ2n) is 4.09. The van der Waals surface area contributed by atoms with E-state index in [1.165, 1.54) is 12.1 Å². The number of halogens is 2. The summed E-state index contributed by atoms with van der Waals surface area (Å²) >= 11 is 5.73. The molecule has 1 aromatic carbocycles. The number of hydrogen-bond donors (Lipinski definition) is 1. The van der Waals surface area contributed by atoms with Crippen LogP contribution in [0.1, 0.15) is 24.9 Å². The van der Waals surface area contributed by atoms with E-state index in [-0.39, 0.29) is 23.7 Å². The molecule has 1 atom stereocenters. The Balaban J connectivity index is 2.84. The number of benzene rings is 1. The first-order valence-corrected chi connectivity index (χ1v) is 6.84. The van der Waals surface area contributed by atoms with Crippen LogP contribution >= 0.6 is 11.6 Å². The molecule has 8 heteroatoms. The summed E-state index contributed by atoms with van der Waals surface area (Å²) in [5, 5.41) is 6.22. The fraction of sp³-hybridized carbons (Fsp3) is 0.462. The van der Waals surface area contributed by atoms with E-state index in [1.54, 1.807) is 13.0 Å². The molecule has 0 bridgehead atoms. The normalized spacial score (nSPS) is 11.6. The zero-order valence-electron chi connectivity index (χ0n) is 11.6.